The standard InChI is InChI=1S/C27H28ClN5O4S/c28-23-13-29-26(38-23)16-37-25-3-1-2-20(31-25)17-6-9-32(10-7-17)15-24-30-21-5-4-18(27(34)35)12-22(21)33(24)14-19-8-11-36-19/h1-5,12-13,17,19H,6-11,14-16H2,(H,34,35)/t19-/m0/s1. The van der Waals surface area contributed by atoms with Gasteiger partial charge in [0.25, 0.3) is 0 Å². The molecule has 9 nitrogen and oxygen atoms in total. The molecule has 5 heterocycles. The van der Waals surface area contributed by atoms with E-state index >= 15 is 0 Å². The minimum absolute atomic E-state index is 0.151. The Balaban J connectivity index is 1.11. The number of carboxylic acid groups (broad SMARTS) is 1. The number of pyridine rings is 1. The first-order valence-electron chi connectivity index (χ1n) is 12.8. The molecular formula is C27H28ClN5O4S. The highest BCUT2D eigenvalue weighted by molar-refractivity contribution is 7.15. The molecule has 1 aromatic carbocycles. The number of aromatic carboxylic acids is 1. The van der Waals surface area contributed by atoms with Gasteiger partial charge in [0, 0.05) is 24.3 Å². The van der Waals surface area contributed by atoms with E-state index in [1.807, 2.05) is 12.1 Å². The van der Waals surface area contributed by atoms with Crippen molar-refractivity contribution in [2.45, 2.75) is 51.0 Å². The zero-order chi connectivity index (χ0) is 26.1. The highest BCUT2D eigenvalue weighted by Gasteiger charge is 2.26. The summed E-state index contributed by atoms with van der Waals surface area (Å²) in [7, 11) is 0. The molecular weight excluding hydrogens is 526 g/mol. The Hall–Kier alpha value is -3.05. The molecule has 6 rings (SSSR count). The van der Waals surface area contributed by atoms with E-state index in [9.17, 15) is 9.90 Å². The number of thiazole rings is 1. The second kappa shape index (κ2) is 11.0. The molecule has 0 aliphatic carbocycles. The van der Waals surface area contributed by atoms with Crippen LogP contribution in [-0.4, -0.2) is 61.3 Å². The van der Waals surface area contributed by atoms with Crippen molar-refractivity contribution >= 4 is 39.9 Å². The van der Waals surface area contributed by atoms with Crippen LogP contribution < -0.4 is 4.74 Å². The molecule has 2 aliphatic heterocycles. The summed E-state index contributed by atoms with van der Waals surface area (Å²) in [6.07, 6.45) is 4.78. The van der Waals surface area contributed by atoms with Gasteiger partial charge >= 0.3 is 5.97 Å². The molecule has 4 aromatic rings. The number of halogens is 1. The van der Waals surface area contributed by atoms with Crippen molar-refractivity contribution in [3.8, 4) is 5.88 Å². The van der Waals surface area contributed by atoms with Gasteiger partial charge in [0.05, 0.1) is 42.0 Å². The molecule has 2 saturated heterocycles. The number of hydrogen-bond acceptors (Lipinski definition) is 8. The predicted molar refractivity (Wildman–Crippen MR) is 144 cm³/mol. The Morgan fingerprint density at radius 1 is 1.18 bits per heavy atom. The van der Waals surface area contributed by atoms with E-state index in [1.165, 1.54) is 11.3 Å². The van der Waals surface area contributed by atoms with E-state index in [0.717, 1.165) is 66.5 Å². The van der Waals surface area contributed by atoms with E-state index in [4.69, 9.17) is 31.0 Å². The number of carbonyl (C=O) groups is 1. The van der Waals surface area contributed by atoms with Crippen LogP contribution in [0.3, 0.4) is 0 Å². The number of carboxylic acids is 1. The molecule has 0 saturated carbocycles. The molecule has 0 radical (unpaired) electrons. The number of hydrogen-bond donors (Lipinski definition) is 1. The first-order chi connectivity index (χ1) is 18.5. The Kier molecular flexibility index (Phi) is 7.29. The first-order valence-corrected chi connectivity index (χ1v) is 14.0. The second-order valence-electron chi connectivity index (χ2n) is 9.73. The Morgan fingerprint density at radius 2 is 2.03 bits per heavy atom. The summed E-state index contributed by atoms with van der Waals surface area (Å²) in [5.41, 5.74) is 3.00. The molecule has 3 aromatic heterocycles. The third-order valence-electron chi connectivity index (χ3n) is 7.24. The van der Waals surface area contributed by atoms with Crippen LogP contribution in [0.1, 0.15) is 52.1 Å². The van der Waals surface area contributed by atoms with Crippen molar-refractivity contribution in [3.63, 3.8) is 0 Å². The Morgan fingerprint density at radius 3 is 2.74 bits per heavy atom. The third kappa shape index (κ3) is 5.54. The SMILES string of the molecule is O=C(O)c1ccc2nc(CN3CCC(c4cccc(OCc5ncc(Cl)s5)n4)CC3)n(C[C@@H]3CCO3)c2c1. The molecule has 38 heavy (non-hydrogen) atoms. The molecule has 1 atom stereocenters. The number of piperidine rings is 1. The zero-order valence-corrected chi connectivity index (χ0v) is 22.3. The number of benzene rings is 1. The van der Waals surface area contributed by atoms with Gasteiger partial charge in [-0.3, -0.25) is 4.90 Å². The molecule has 198 valence electrons. The lowest BCUT2D eigenvalue weighted by atomic mass is 9.93. The molecule has 2 aliphatic rings. The average Bonchev–Trinajstić information content (AvgIpc) is 3.47. The quantitative estimate of drug-likeness (QED) is 0.309. The number of aromatic nitrogens is 4. The maximum atomic E-state index is 11.6. The van der Waals surface area contributed by atoms with Gasteiger partial charge in [0.15, 0.2) is 0 Å². The van der Waals surface area contributed by atoms with Gasteiger partial charge in [-0.1, -0.05) is 17.7 Å². The van der Waals surface area contributed by atoms with Crippen LogP contribution in [0.4, 0.5) is 0 Å². The van der Waals surface area contributed by atoms with Crippen LogP contribution in [0.2, 0.25) is 4.34 Å². The minimum Gasteiger partial charge on any atom is -0.478 e. The zero-order valence-electron chi connectivity index (χ0n) is 20.8. The number of rotatable bonds is 9. The molecule has 0 amide bonds. The monoisotopic (exact) mass is 553 g/mol. The highest BCUT2D eigenvalue weighted by Crippen LogP contribution is 2.30. The van der Waals surface area contributed by atoms with Gasteiger partial charge in [-0.25, -0.2) is 19.7 Å². The summed E-state index contributed by atoms with van der Waals surface area (Å²) in [4.78, 5) is 27.9. The lowest BCUT2D eigenvalue weighted by Crippen LogP contribution is -2.35. The van der Waals surface area contributed by atoms with Gasteiger partial charge in [0.1, 0.15) is 21.8 Å². The fourth-order valence-corrected chi connectivity index (χ4v) is 5.95. The molecule has 2 fully saturated rings. The van der Waals surface area contributed by atoms with Crippen LogP contribution in [0.15, 0.2) is 42.6 Å². The van der Waals surface area contributed by atoms with Gasteiger partial charge in [0.2, 0.25) is 5.88 Å². The van der Waals surface area contributed by atoms with Crippen molar-refractivity contribution < 1.29 is 19.4 Å². The fraction of sp³-hybridized carbons (Fsp3) is 0.407. The minimum atomic E-state index is -0.932. The Bertz CT molecular complexity index is 1440. The molecule has 1 N–H and O–H groups in total. The van der Waals surface area contributed by atoms with Crippen LogP contribution in [0, 0.1) is 0 Å². The summed E-state index contributed by atoms with van der Waals surface area (Å²) in [5.74, 6) is 0.986. The molecule has 0 spiro atoms. The van der Waals surface area contributed by atoms with Crippen molar-refractivity contribution in [2.24, 2.45) is 0 Å². The second-order valence-corrected chi connectivity index (χ2v) is 11.5. The largest absolute Gasteiger partial charge is 0.478 e. The van der Waals surface area contributed by atoms with Crippen molar-refractivity contribution in [3.05, 3.63) is 69.0 Å². The highest BCUT2D eigenvalue weighted by atomic mass is 35.5. The van der Waals surface area contributed by atoms with Crippen molar-refractivity contribution in [1.82, 2.24) is 24.4 Å². The van der Waals surface area contributed by atoms with E-state index < -0.39 is 5.97 Å². The molecule has 0 unspecified atom stereocenters. The normalized spacial score (nSPS) is 18.5. The van der Waals surface area contributed by atoms with Gasteiger partial charge in [-0.05, 0) is 56.6 Å². The van der Waals surface area contributed by atoms with E-state index in [1.54, 1.807) is 24.4 Å². The summed E-state index contributed by atoms with van der Waals surface area (Å²) in [6, 6.07) is 11.1. The van der Waals surface area contributed by atoms with Gasteiger partial charge in [-0.2, -0.15) is 0 Å². The maximum absolute atomic E-state index is 11.6. The number of imidazole rings is 1. The lowest BCUT2D eigenvalue weighted by Gasteiger charge is -2.32. The van der Waals surface area contributed by atoms with Gasteiger partial charge in [-0.15, -0.1) is 11.3 Å². The number of fused-ring (bicyclic) bond motifs is 1. The van der Waals surface area contributed by atoms with Crippen LogP contribution in [0.25, 0.3) is 11.0 Å². The maximum Gasteiger partial charge on any atom is 0.335 e. The van der Waals surface area contributed by atoms with Crippen LogP contribution in [-0.2, 0) is 24.4 Å². The first kappa shape index (κ1) is 25.2. The number of nitrogens with zero attached hydrogens (tertiary/aromatic N) is 5. The average molecular weight is 554 g/mol. The van der Waals surface area contributed by atoms with Crippen LogP contribution >= 0.6 is 22.9 Å². The van der Waals surface area contributed by atoms with Crippen LogP contribution in [0.5, 0.6) is 5.88 Å². The fourth-order valence-electron chi connectivity index (χ4n) is 5.08. The topological polar surface area (TPSA) is 103 Å². The summed E-state index contributed by atoms with van der Waals surface area (Å²) in [6.45, 7) is 4.39. The summed E-state index contributed by atoms with van der Waals surface area (Å²) >= 11 is 7.37. The smallest absolute Gasteiger partial charge is 0.335 e. The van der Waals surface area contributed by atoms with E-state index in [0.29, 0.717) is 35.8 Å². The predicted octanol–water partition coefficient (Wildman–Crippen LogP) is 4.99. The Labute approximate surface area is 229 Å². The lowest BCUT2D eigenvalue weighted by molar-refractivity contribution is -0.0592. The summed E-state index contributed by atoms with van der Waals surface area (Å²) in [5, 5.41) is 10.3. The van der Waals surface area contributed by atoms with E-state index in [2.05, 4.69) is 20.5 Å². The molecule has 0 bridgehead atoms. The third-order valence-corrected chi connectivity index (χ3v) is 8.33. The van der Waals surface area contributed by atoms with E-state index in [-0.39, 0.29) is 11.7 Å². The van der Waals surface area contributed by atoms with Gasteiger partial charge < -0.3 is 19.1 Å². The number of ether oxygens (including phenoxy) is 2. The molecule has 11 heteroatoms. The van der Waals surface area contributed by atoms with Crippen molar-refractivity contribution in [2.75, 3.05) is 19.7 Å². The van der Waals surface area contributed by atoms with Crippen molar-refractivity contribution in [1.29, 1.82) is 0 Å². The number of likely N-dealkylation sites (tertiary alicyclic amines) is 1. The summed E-state index contributed by atoms with van der Waals surface area (Å²) < 4.78 is 14.3.